The fourth-order valence-electron chi connectivity index (χ4n) is 4.48. The standard InChI is InChI=1S/C19H28N2O2/c1-16(23)21-14-19(13-18(21,2)15-22)8-10-20(11-9-19)12-17-6-4-3-5-7-17/h3-7,22H,8-15H2,1-2H3. The summed E-state index contributed by atoms with van der Waals surface area (Å²) >= 11 is 0. The number of rotatable bonds is 3. The second-order valence-electron chi connectivity index (χ2n) is 7.70. The van der Waals surface area contributed by atoms with Gasteiger partial charge in [-0.1, -0.05) is 30.3 Å². The second-order valence-corrected chi connectivity index (χ2v) is 7.70. The van der Waals surface area contributed by atoms with E-state index in [0.717, 1.165) is 45.4 Å². The van der Waals surface area contributed by atoms with Crippen LogP contribution >= 0.6 is 0 Å². The van der Waals surface area contributed by atoms with Crippen molar-refractivity contribution in [2.24, 2.45) is 5.41 Å². The highest BCUT2D eigenvalue weighted by Gasteiger charge is 2.52. The van der Waals surface area contributed by atoms with E-state index in [0.29, 0.717) is 0 Å². The summed E-state index contributed by atoms with van der Waals surface area (Å²) in [6, 6.07) is 10.6. The number of likely N-dealkylation sites (tertiary alicyclic amines) is 2. The van der Waals surface area contributed by atoms with E-state index in [1.54, 1.807) is 6.92 Å². The van der Waals surface area contributed by atoms with Crippen LogP contribution in [-0.4, -0.2) is 52.6 Å². The smallest absolute Gasteiger partial charge is 0.219 e. The van der Waals surface area contributed by atoms with Crippen LogP contribution in [0.25, 0.3) is 0 Å². The molecule has 2 aliphatic heterocycles. The predicted octanol–water partition coefficient (Wildman–Crippen LogP) is 2.27. The molecule has 3 rings (SSSR count). The third kappa shape index (κ3) is 3.29. The molecule has 1 atom stereocenters. The topological polar surface area (TPSA) is 43.8 Å². The van der Waals surface area contributed by atoms with E-state index in [1.807, 2.05) is 11.8 Å². The van der Waals surface area contributed by atoms with Crippen molar-refractivity contribution in [2.45, 2.75) is 45.2 Å². The van der Waals surface area contributed by atoms with Gasteiger partial charge >= 0.3 is 0 Å². The van der Waals surface area contributed by atoms with Gasteiger partial charge in [-0.25, -0.2) is 0 Å². The molecule has 4 heteroatoms. The van der Waals surface area contributed by atoms with Crippen molar-refractivity contribution in [1.82, 2.24) is 9.80 Å². The summed E-state index contributed by atoms with van der Waals surface area (Å²) in [7, 11) is 0. The van der Waals surface area contributed by atoms with E-state index in [9.17, 15) is 9.90 Å². The van der Waals surface area contributed by atoms with Gasteiger partial charge in [-0.3, -0.25) is 9.69 Å². The number of hydrogen-bond acceptors (Lipinski definition) is 3. The van der Waals surface area contributed by atoms with E-state index in [4.69, 9.17) is 0 Å². The quantitative estimate of drug-likeness (QED) is 0.930. The Morgan fingerprint density at radius 3 is 2.39 bits per heavy atom. The Bertz CT molecular complexity index is 552. The van der Waals surface area contributed by atoms with Crippen molar-refractivity contribution in [3.05, 3.63) is 35.9 Å². The number of carbonyl (C=O) groups is 1. The van der Waals surface area contributed by atoms with Crippen molar-refractivity contribution in [3.63, 3.8) is 0 Å². The van der Waals surface area contributed by atoms with E-state index < -0.39 is 0 Å². The molecule has 1 amide bonds. The van der Waals surface area contributed by atoms with Gasteiger partial charge in [0.05, 0.1) is 12.1 Å². The van der Waals surface area contributed by atoms with Crippen LogP contribution in [-0.2, 0) is 11.3 Å². The van der Waals surface area contributed by atoms with Crippen LogP contribution in [0, 0.1) is 5.41 Å². The van der Waals surface area contributed by atoms with E-state index >= 15 is 0 Å². The van der Waals surface area contributed by atoms with Crippen LogP contribution in [0.2, 0.25) is 0 Å². The highest BCUT2D eigenvalue weighted by atomic mass is 16.3. The number of nitrogens with zero attached hydrogens (tertiary/aromatic N) is 2. The molecule has 4 nitrogen and oxygen atoms in total. The van der Waals surface area contributed by atoms with Crippen LogP contribution in [0.4, 0.5) is 0 Å². The largest absolute Gasteiger partial charge is 0.394 e. The monoisotopic (exact) mass is 316 g/mol. The zero-order valence-corrected chi connectivity index (χ0v) is 14.3. The third-order valence-electron chi connectivity index (χ3n) is 5.79. The molecule has 1 spiro atoms. The molecular weight excluding hydrogens is 288 g/mol. The van der Waals surface area contributed by atoms with Crippen molar-refractivity contribution < 1.29 is 9.90 Å². The van der Waals surface area contributed by atoms with Gasteiger partial charge in [0, 0.05) is 20.0 Å². The van der Waals surface area contributed by atoms with Crippen molar-refractivity contribution >= 4 is 5.91 Å². The van der Waals surface area contributed by atoms with Gasteiger partial charge in [0.2, 0.25) is 5.91 Å². The molecule has 0 saturated carbocycles. The maximum atomic E-state index is 12.0. The summed E-state index contributed by atoms with van der Waals surface area (Å²) in [5.74, 6) is 0.0881. The first-order valence-electron chi connectivity index (χ1n) is 8.62. The summed E-state index contributed by atoms with van der Waals surface area (Å²) in [5, 5.41) is 9.80. The van der Waals surface area contributed by atoms with Crippen LogP contribution in [0.5, 0.6) is 0 Å². The lowest BCUT2D eigenvalue weighted by Gasteiger charge is -2.39. The van der Waals surface area contributed by atoms with Crippen molar-refractivity contribution in [1.29, 1.82) is 0 Å². The molecule has 1 N–H and O–H groups in total. The molecule has 1 unspecified atom stereocenters. The molecule has 0 radical (unpaired) electrons. The zero-order chi connectivity index (χ0) is 16.5. The van der Waals surface area contributed by atoms with Crippen LogP contribution < -0.4 is 0 Å². The molecule has 2 heterocycles. The highest BCUT2D eigenvalue weighted by molar-refractivity contribution is 5.74. The Labute approximate surface area is 139 Å². The Hall–Kier alpha value is -1.39. The van der Waals surface area contributed by atoms with Crippen LogP contribution in [0.1, 0.15) is 38.7 Å². The Morgan fingerprint density at radius 2 is 1.87 bits per heavy atom. The lowest BCUT2D eigenvalue weighted by molar-refractivity contribution is -0.134. The van der Waals surface area contributed by atoms with Gasteiger partial charge in [0.25, 0.3) is 0 Å². The summed E-state index contributed by atoms with van der Waals surface area (Å²) in [5.41, 5.74) is 1.17. The fraction of sp³-hybridized carbons (Fsp3) is 0.632. The highest BCUT2D eigenvalue weighted by Crippen LogP contribution is 2.48. The zero-order valence-electron chi connectivity index (χ0n) is 14.3. The molecular formula is C19H28N2O2. The minimum atomic E-state index is -0.382. The minimum absolute atomic E-state index is 0.0576. The van der Waals surface area contributed by atoms with Gasteiger partial charge in [-0.05, 0) is 50.3 Å². The molecule has 0 bridgehead atoms. The summed E-state index contributed by atoms with van der Waals surface area (Å²) in [4.78, 5) is 16.4. The SMILES string of the molecule is CC(=O)N1CC2(CCN(Cc3ccccc3)CC2)CC1(C)CO. The average molecular weight is 316 g/mol. The van der Waals surface area contributed by atoms with Crippen molar-refractivity contribution in [2.75, 3.05) is 26.2 Å². The van der Waals surface area contributed by atoms with Gasteiger partial charge in [-0.2, -0.15) is 0 Å². The van der Waals surface area contributed by atoms with E-state index in [-0.39, 0.29) is 23.5 Å². The van der Waals surface area contributed by atoms with Crippen LogP contribution in [0.3, 0.4) is 0 Å². The van der Waals surface area contributed by atoms with Crippen molar-refractivity contribution in [3.8, 4) is 0 Å². The lowest BCUT2D eigenvalue weighted by atomic mass is 9.74. The molecule has 2 fully saturated rings. The van der Waals surface area contributed by atoms with Gasteiger partial charge in [0.15, 0.2) is 0 Å². The first kappa shape index (κ1) is 16.5. The summed E-state index contributed by atoms with van der Waals surface area (Å²) in [6.45, 7) is 7.66. The number of benzene rings is 1. The summed E-state index contributed by atoms with van der Waals surface area (Å²) in [6.07, 6.45) is 3.15. The summed E-state index contributed by atoms with van der Waals surface area (Å²) < 4.78 is 0. The Kier molecular flexibility index (Phi) is 4.47. The normalized spacial score (nSPS) is 27.5. The number of hydrogen-bond donors (Lipinski definition) is 1. The predicted molar refractivity (Wildman–Crippen MR) is 90.9 cm³/mol. The fourth-order valence-corrected chi connectivity index (χ4v) is 4.48. The molecule has 2 aliphatic rings. The molecule has 2 saturated heterocycles. The van der Waals surface area contributed by atoms with E-state index in [2.05, 4.69) is 35.2 Å². The van der Waals surface area contributed by atoms with Gasteiger partial charge < -0.3 is 10.0 Å². The Morgan fingerprint density at radius 1 is 1.22 bits per heavy atom. The molecule has 0 aliphatic carbocycles. The number of aliphatic hydroxyl groups excluding tert-OH is 1. The van der Waals surface area contributed by atoms with Gasteiger partial charge in [-0.15, -0.1) is 0 Å². The van der Waals surface area contributed by atoms with Gasteiger partial charge in [0.1, 0.15) is 0 Å². The first-order valence-corrected chi connectivity index (χ1v) is 8.62. The first-order chi connectivity index (χ1) is 11.0. The van der Waals surface area contributed by atoms with E-state index in [1.165, 1.54) is 5.56 Å². The maximum Gasteiger partial charge on any atom is 0.219 e. The number of piperidine rings is 1. The molecule has 0 aromatic heterocycles. The number of amides is 1. The molecule has 1 aromatic rings. The average Bonchev–Trinajstić information content (AvgIpc) is 2.85. The second kappa shape index (κ2) is 6.25. The molecule has 1 aromatic carbocycles. The molecule has 23 heavy (non-hydrogen) atoms. The third-order valence-corrected chi connectivity index (χ3v) is 5.79. The maximum absolute atomic E-state index is 12.0. The lowest BCUT2D eigenvalue weighted by Crippen LogP contribution is -2.46. The molecule has 126 valence electrons. The van der Waals surface area contributed by atoms with Crippen LogP contribution in [0.15, 0.2) is 30.3 Å². The number of aliphatic hydroxyl groups is 1. The Balaban J connectivity index is 1.63. The minimum Gasteiger partial charge on any atom is -0.394 e. The number of carbonyl (C=O) groups excluding carboxylic acids is 1.